The molecule has 4 aromatic rings. The first-order valence-corrected chi connectivity index (χ1v) is 13.9. The number of nitrogens with one attached hydrogen (secondary N) is 1. The molecule has 2 aliphatic heterocycles. The highest BCUT2D eigenvalue weighted by molar-refractivity contribution is 6.31. The largest absolute Gasteiger partial charge is 0.434 e. The number of carbonyl (C=O) groups is 2. The maximum atomic E-state index is 13.2. The summed E-state index contributed by atoms with van der Waals surface area (Å²) >= 11 is 6.22. The number of likely N-dealkylation sites (tertiary alicyclic amines) is 2. The molecule has 3 aromatic heterocycles. The normalized spacial score (nSPS) is 18.7. The van der Waals surface area contributed by atoms with Gasteiger partial charge >= 0.3 is 6.61 Å². The maximum absolute atomic E-state index is 13.2. The van der Waals surface area contributed by atoms with Gasteiger partial charge in [0.05, 0.1) is 6.20 Å². The van der Waals surface area contributed by atoms with Gasteiger partial charge in [-0.2, -0.15) is 19.0 Å². The summed E-state index contributed by atoms with van der Waals surface area (Å²) in [6.07, 6.45) is 6.45. The van der Waals surface area contributed by atoms with Gasteiger partial charge in [0.2, 0.25) is 5.91 Å². The molecular formula is C28H29ClF2N8O3. The maximum Gasteiger partial charge on any atom is 0.387 e. The Morgan fingerprint density at radius 3 is 2.64 bits per heavy atom. The van der Waals surface area contributed by atoms with Gasteiger partial charge in [-0.15, -0.1) is 0 Å². The van der Waals surface area contributed by atoms with Gasteiger partial charge in [-0.1, -0.05) is 11.6 Å². The van der Waals surface area contributed by atoms with E-state index < -0.39 is 12.5 Å². The minimum Gasteiger partial charge on any atom is -0.434 e. The van der Waals surface area contributed by atoms with Crippen LogP contribution in [0.1, 0.15) is 21.5 Å². The lowest BCUT2D eigenvalue weighted by molar-refractivity contribution is -0.131. The average Bonchev–Trinajstić information content (AvgIpc) is 3.70. The molecule has 42 heavy (non-hydrogen) atoms. The zero-order valence-corrected chi connectivity index (χ0v) is 23.8. The summed E-state index contributed by atoms with van der Waals surface area (Å²) in [7, 11) is 2.09. The molecule has 1 aromatic carbocycles. The van der Waals surface area contributed by atoms with E-state index in [4.69, 9.17) is 16.3 Å². The predicted molar refractivity (Wildman–Crippen MR) is 149 cm³/mol. The van der Waals surface area contributed by atoms with Crippen molar-refractivity contribution in [3.8, 4) is 17.0 Å². The molecule has 0 radical (unpaired) electrons. The monoisotopic (exact) mass is 598 g/mol. The number of aryl methyl sites for hydroxylation is 1. The smallest absolute Gasteiger partial charge is 0.387 e. The van der Waals surface area contributed by atoms with E-state index in [1.807, 2.05) is 11.8 Å². The third-order valence-electron chi connectivity index (χ3n) is 7.74. The molecule has 220 valence electrons. The first-order chi connectivity index (χ1) is 20.1. The van der Waals surface area contributed by atoms with Crippen LogP contribution in [-0.2, 0) is 17.9 Å². The molecule has 11 nitrogen and oxygen atoms in total. The third-order valence-corrected chi connectivity index (χ3v) is 7.97. The van der Waals surface area contributed by atoms with Crippen molar-refractivity contribution in [3.05, 3.63) is 64.7 Å². The first-order valence-electron chi connectivity index (χ1n) is 13.5. The molecule has 2 atom stereocenters. The SMILES string of the molecule is Cc1cnc2c(C(=O)NCc3cn(CC(=O)N4CC5CN(C)CC5C4)nc3-c3cc(Cl)ccc3OC(F)F)cnn2c1. The van der Waals surface area contributed by atoms with Gasteiger partial charge in [-0.25, -0.2) is 9.50 Å². The summed E-state index contributed by atoms with van der Waals surface area (Å²) in [5.41, 5.74) is 2.51. The number of carbonyl (C=O) groups excluding carboxylic acids is 2. The summed E-state index contributed by atoms with van der Waals surface area (Å²) in [4.78, 5) is 34.8. The Morgan fingerprint density at radius 2 is 1.90 bits per heavy atom. The Morgan fingerprint density at radius 1 is 1.14 bits per heavy atom. The van der Waals surface area contributed by atoms with E-state index in [-0.39, 0.29) is 46.6 Å². The van der Waals surface area contributed by atoms with Gasteiger partial charge in [0, 0.05) is 67.5 Å². The van der Waals surface area contributed by atoms with Crippen molar-refractivity contribution in [3.63, 3.8) is 0 Å². The van der Waals surface area contributed by atoms with E-state index in [1.54, 1.807) is 18.6 Å². The summed E-state index contributed by atoms with van der Waals surface area (Å²) in [5, 5.41) is 11.9. The molecule has 5 heterocycles. The molecular weight excluding hydrogens is 570 g/mol. The summed E-state index contributed by atoms with van der Waals surface area (Å²) in [5.74, 6) is 0.269. The number of amides is 2. The first kappa shape index (κ1) is 28.0. The van der Waals surface area contributed by atoms with Gasteiger partial charge in [-0.05, 0) is 49.6 Å². The van der Waals surface area contributed by atoms with Crippen LogP contribution in [0.5, 0.6) is 5.75 Å². The third kappa shape index (κ3) is 5.66. The molecule has 0 aliphatic carbocycles. The number of ether oxygens (including phenoxy) is 1. The number of nitrogens with zero attached hydrogens (tertiary/aromatic N) is 7. The highest BCUT2D eigenvalue weighted by Crippen LogP contribution is 2.35. The Balaban J connectivity index is 1.27. The van der Waals surface area contributed by atoms with E-state index in [0.717, 1.165) is 18.7 Å². The summed E-state index contributed by atoms with van der Waals surface area (Å²) < 4.78 is 34.2. The number of fused-ring (bicyclic) bond motifs is 2. The second kappa shape index (κ2) is 11.3. The molecule has 0 spiro atoms. The molecule has 0 saturated carbocycles. The molecule has 0 bridgehead atoms. The zero-order chi connectivity index (χ0) is 29.5. The topological polar surface area (TPSA) is 110 Å². The lowest BCUT2D eigenvalue weighted by Gasteiger charge is -2.19. The van der Waals surface area contributed by atoms with E-state index >= 15 is 0 Å². The lowest BCUT2D eigenvalue weighted by atomic mass is 10.0. The van der Waals surface area contributed by atoms with Crippen LogP contribution < -0.4 is 10.1 Å². The van der Waals surface area contributed by atoms with Gasteiger partial charge < -0.3 is 19.9 Å². The van der Waals surface area contributed by atoms with Crippen LogP contribution in [0.3, 0.4) is 0 Å². The Kier molecular flexibility index (Phi) is 7.54. The van der Waals surface area contributed by atoms with Crippen molar-refractivity contribution in [2.45, 2.75) is 26.6 Å². The fourth-order valence-corrected chi connectivity index (χ4v) is 6.03. The quantitative estimate of drug-likeness (QED) is 0.332. The van der Waals surface area contributed by atoms with Crippen molar-refractivity contribution in [1.82, 2.24) is 39.5 Å². The Hall–Kier alpha value is -4.10. The number of hydrogen-bond donors (Lipinski definition) is 1. The minimum absolute atomic E-state index is 0.0214. The second-order valence-electron chi connectivity index (χ2n) is 10.9. The number of halogens is 3. The van der Waals surface area contributed by atoms with Crippen LogP contribution >= 0.6 is 11.6 Å². The van der Waals surface area contributed by atoms with E-state index in [9.17, 15) is 18.4 Å². The lowest BCUT2D eigenvalue weighted by Crippen LogP contribution is -2.34. The fourth-order valence-electron chi connectivity index (χ4n) is 5.85. The Labute approximate surface area is 245 Å². The second-order valence-corrected chi connectivity index (χ2v) is 11.3. The molecule has 1 N–H and O–H groups in total. The van der Waals surface area contributed by atoms with Gasteiger partial charge in [0.15, 0.2) is 5.65 Å². The number of hydrogen-bond acceptors (Lipinski definition) is 7. The average molecular weight is 599 g/mol. The van der Waals surface area contributed by atoms with Gasteiger partial charge in [-0.3, -0.25) is 14.3 Å². The summed E-state index contributed by atoms with van der Waals surface area (Å²) in [6, 6.07) is 4.24. The molecule has 2 aliphatic rings. The highest BCUT2D eigenvalue weighted by Gasteiger charge is 2.40. The standard InChI is InChI=1S/C28H29ClF2N8O3/c1-16-6-32-26-22(8-34-39(26)9-16)27(41)33-7-17-14-38(15-24(40)37-12-18-10-36(2)11-19(18)13-37)35-25(17)21-5-20(29)3-4-23(21)42-28(30)31/h3-6,8-9,14,18-19,28H,7,10-13,15H2,1-2H3,(H,33,41). The molecule has 6 rings (SSSR count). The highest BCUT2D eigenvalue weighted by atomic mass is 35.5. The predicted octanol–water partition coefficient (Wildman–Crippen LogP) is 3.11. The van der Waals surface area contributed by atoms with E-state index in [0.29, 0.717) is 36.1 Å². The van der Waals surface area contributed by atoms with Crippen molar-refractivity contribution in [1.29, 1.82) is 0 Å². The van der Waals surface area contributed by atoms with Crippen LogP contribution in [-0.4, -0.2) is 85.8 Å². The molecule has 2 amide bonds. The zero-order valence-electron chi connectivity index (χ0n) is 23.0. The van der Waals surface area contributed by atoms with Crippen molar-refractivity contribution < 1.29 is 23.1 Å². The van der Waals surface area contributed by atoms with E-state index in [2.05, 4.69) is 32.4 Å². The van der Waals surface area contributed by atoms with Crippen molar-refractivity contribution in [2.75, 3.05) is 33.2 Å². The number of alkyl halides is 2. The van der Waals surface area contributed by atoms with Crippen LogP contribution in [0.2, 0.25) is 5.02 Å². The molecule has 2 unspecified atom stereocenters. The number of rotatable bonds is 8. The van der Waals surface area contributed by atoms with Crippen LogP contribution in [0, 0.1) is 18.8 Å². The van der Waals surface area contributed by atoms with Gasteiger partial charge in [0.25, 0.3) is 5.91 Å². The Bertz CT molecular complexity index is 1640. The number of aromatic nitrogens is 5. The van der Waals surface area contributed by atoms with Crippen molar-refractivity contribution in [2.24, 2.45) is 11.8 Å². The van der Waals surface area contributed by atoms with Crippen LogP contribution in [0.15, 0.2) is 43.0 Å². The fraction of sp³-hybridized carbons (Fsp3) is 0.393. The van der Waals surface area contributed by atoms with Gasteiger partial charge in [0.1, 0.15) is 23.6 Å². The number of benzene rings is 1. The molecule has 2 fully saturated rings. The van der Waals surface area contributed by atoms with Crippen LogP contribution in [0.4, 0.5) is 8.78 Å². The minimum atomic E-state index is -3.07. The molecule has 14 heteroatoms. The van der Waals surface area contributed by atoms with Crippen LogP contribution in [0.25, 0.3) is 16.9 Å². The molecule has 2 saturated heterocycles. The summed E-state index contributed by atoms with van der Waals surface area (Å²) in [6.45, 7) is 2.05. The van der Waals surface area contributed by atoms with E-state index in [1.165, 1.54) is 33.6 Å². The van der Waals surface area contributed by atoms with Crippen molar-refractivity contribution >= 4 is 29.1 Å².